The molecule has 3 atom stereocenters. The maximum absolute atomic E-state index is 13.3. The van der Waals surface area contributed by atoms with Crippen molar-refractivity contribution < 1.29 is 27.9 Å². The van der Waals surface area contributed by atoms with Gasteiger partial charge in [-0.25, -0.2) is 12.7 Å². The Morgan fingerprint density at radius 2 is 1.53 bits per heavy atom. The van der Waals surface area contributed by atoms with Gasteiger partial charge in [0.25, 0.3) is 15.9 Å². The van der Waals surface area contributed by atoms with Crippen LogP contribution in [0.3, 0.4) is 0 Å². The van der Waals surface area contributed by atoms with Crippen LogP contribution in [0, 0.1) is 17.8 Å². The van der Waals surface area contributed by atoms with Gasteiger partial charge in [0.2, 0.25) is 0 Å². The van der Waals surface area contributed by atoms with Gasteiger partial charge in [-0.1, -0.05) is 60.1 Å². The molecule has 0 radical (unpaired) electrons. The molecule has 7 nitrogen and oxygen atoms in total. The van der Waals surface area contributed by atoms with E-state index in [1.54, 1.807) is 42.5 Å². The van der Waals surface area contributed by atoms with E-state index < -0.39 is 39.7 Å². The summed E-state index contributed by atoms with van der Waals surface area (Å²) in [4.78, 5) is 38.3. The van der Waals surface area contributed by atoms with Crippen LogP contribution < -0.4 is 0 Å². The fraction of sp³-hybridized carbons (Fsp3) is 0.222. The SMILES string of the molecule is O=C(O)[C@H]1[C@H](CN2C(=O)c3ccccc3S2(=O)=O)CC[C@@H]1C(=O)c1ccc(-c2ccc(Cl)cc2)cc1. The van der Waals surface area contributed by atoms with E-state index in [4.69, 9.17) is 11.6 Å². The molecule has 1 amide bonds. The molecule has 0 spiro atoms. The van der Waals surface area contributed by atoms with E-state index in [0.29, 0.717) is 23.4 Å². The number of halogens is 1. The normalized spacial score (nSPS) is 22.4. The van der Waals surface area contributed by atoms with Crippen LogP contribution in [0.4, 0.5) is 0 Å². The molecule has 3 aromatic carbocycles. The number of carboxylic acid groups (broad SMARTS) is 1. The lowest BCUT2D eigenvalue weighted by Gasteiger charge is -2.24. The van der Waals surface area contributed by atoms with Crippen LogP contribution in [0.5, 0.6) is 0 Å². The highest BCUT2D eigenvalue weighted by Gasteiger charge is 2.49. The third-order valence-corrected chi connectivity index (χ3v) is 9.13. The van der Waals surface area contributed by atoms with Crippen LogP contribution >= 0.6 is 11.6 Å². The number of hydrogen-bond acceptors (Lipinski definition) is 5. The molecule has 36 heavy (non-hydrogen) atoms. The molecule has 1 aliphatic carbocycles. The Morgan fingerprint density at radius 3 is 2.14 bits per heavy atom. The second kappa shape index (κ2) is 9.19. The Kier molecular flexibility index (Phi) is 6.18. The van der Waals surface area contributed by atoms with Gasteiger partial charge >= 0.3 is 5.97 Å². The van der Waals surface area contributed by atoms with Crippen molar-refractivity contribution in [3.05, 3.63) is 88.9 Å². The molecule has 0 saturated heterocycles. The Labute approximate surface area is 213 Å². The summed E-state index contributed by atoms with van der Waals surface area (Å²) in [6, 6.07) is 20.1. The van der Waals surface area contributed by atoms with Crippen molar-refractivity contribution in [3.8, 4) is 11.1 Å². The molecule has 1 aliphatic heterocycles. The third kappa shape index (κ3) is 4.10. The fourth-order valence-corrected chi connectivity index (χ4v) is 7.01. The van der Waals surface area contributed by atoms with E-state index in [1.807, 2.05) is 12.1 Å². The van der Waals surface area contributed by atoms with E-state index in [2.05, 4.69) is 0 Å². The second-order valence-electron chi connectivity index (χ2n) is 9.09. The zero-order chi connectivity index (χ0) is 25.6. The van der Waals surface area contributed by atoms with Crippen molar-refractivity contribution in [2.75, 3.05) is 6.54 Å². The number of nitrogens with zero attached hydrogens (tertiary/aromatic N) is 1. The lowest BCUT2D eigenvalue weighted by atomic mass is 9.84. The van der Waals surface area contributed by atoms with Gasteiger partial charge in [0.15, 0.2) is 5.78 Å². The maximum atomic E-state index is 13.3. The summed E-state index contributed by atoms with van der Waals surface area (Å²) in [6.45, 7) is -0.272. The third-order valence-electron chi connectivity index (χ3n) is 7.07. The Balaban J connectivity index is 1.36. The number of sulfonamides is 1. The van der Waals surface area contributed by atoms with Crippen molar-refractivity contribution in [1.29, 1.82) is 0 Å². The highest BCUT2D eigenvalue weighted by Crippen LogP contribution is 2.42. The van der Waals surface area contributed by atoms with Crippen molar-refractivity contribution in [1.82, 2.24) is 4.31 Å². The second-order valence-corrected chi connectivity index (χ2v) is 11.4. The summed E-state index contributed by atoms with van der Waals surface area (Å²) in [6.07, 6.45) is 0.625. The zero-order valence-corrected chi connectivity index (χ0v) is 20.6. The number of carbonyl (C=O) groups excluding carboxylic acids is 2. The molecule has 1 heterocycles. The monoisotopic (exact) mass is 523 g/mol. The number of carbonyl (C=O) groups is 3. The average molecular weight is 524 g/mol. The summed E-state index contributed by atoms with van der Waals surface area (Å²) < 4.78 is 26.6. The number of aliphatic carboxylic acids is 1. The van der Waals surface area contributed by atoms with Crippen LogP contribution in [0.15, 0.2) is 77.7 Å². The molecule has 0 bridgehead atoms. The number of benzene rings is 3. The van der Waals surface area contributed by atoms with Crippen LogP contribution in [-0.2, 0) is 14.8 Å². The predicted octanol–water partition coefficient (Wildman–Crippen LogP) is 4.76. The van der Waals surface area contributed by atoms with E-state index in [9.17, 15) is 27.9 Å². The minimum Gasteiger partial charge on any atom is -0.481 e. The number of rotatable bonds is 6. The topological polar surface area (TPSA) is 109 Å². The Morgan fingerprint density at radius 1 is 0.917 bits per heavy atom. The van der Waals surface area contributed by atoms with Crippen molar-refractivity contribution in [2.24, 2.45) is 17.8 Å². The molecule has 1 fully saturated rings. The van der Waals surface area contributed by atoms with E-state index in [-0.39, 0.29) is 22.8 Å². The molecule has 184 valence electrons. The first kappa shape index (κ1) is 24.2. The highest BCUT2D eigenvalue weighted by molar-refractivity contribution is 7.90. The van der Waals surface area contributed by atoms with Crippen LogP contribution in [0.25, 0.3) is 11.1 Å². The number of amides is 1. The molecular weight excluding hydrogens is 502 g/mol. The van der Waals surface area contributed by atoms with Crippen molar-refractivity contribution in [2.45, 2.75) is 17.7 Å². The summed E-state index contributed by atoms with van der Waals surface area (Å²) >= 11 is 5.94. The first-order valence-corrected chi connectivity index (χ1v) is 13.3. The summed E-state index contributed by atoms with van der Waals surface area (Å²) in [7, 11) is -4.06. The molecule has 9 heteroatoms. The average Bonchev–Trinajstić information content (AvgIpc) is 3.38. The Bertz CT molecular complexity index is 1470. The van der Waals surface area contributed by atoms with Crippen LogP contribution in [0.1, 0.15) is 33.6 Å². The minimum atomic E-state index is -4.06. The summed E-state index contributed by atoms with van der Waals surface area (Å²) in [5.74, 6) is -4.71. The quantitative estimate of drug-likeness (QED) is 0.466. The number of fused-ring (bicyclic) bond motifs is 1. The number of ketones is 1. The Hall–Kier alpha value is -3.49. The van der Waals surface area contributed by atoms with Crippen LogP contribution in [-0.4, -0.2) is 42.0 Å². The van der Waals surface area contributed by atoms with Crippen molar-refractivity contribution >= 4 is 39.3 Å². The minimum absolute atomic E-state index is 0.0757. The van der Waals surface area contributed by atoms with E-state index >= 15 is 0 Å². The summed E-state index contributed by atoms with van der Waals surface area (Å²) in [5, 5.41) is 10.6. The number of Topliss-reactive ketones (excluding diaryl/α,β-unsaturated/α-hetero) is 1. The van der Waals surface area contributed by atoms with E-state index in [0.717, 1.165) is 15.4 Å². The fourth-order valence-electron chi connectivity index (χ4n) is 5.26. The standard InChI is InChI=1S/C27H22ClNO6S/c28-20-12-9-17(10-13-20)16-5-7-18(8-6-16)25(30)22-14-11-19(24(22)27(32)33)15-29-26(31)21-3-1-2-4-23(21)36(29,34)35/h1-10,12-13,19,22,24H,11,14-15H2,(H,32,33)/t19-,22-,24-/m0/s1. The molecule has 0 aromatic heterocycles. The van der Waals surface area contributed by atoms with Gasteiger partial charge in [0.05, 0.1) is 11.5 Å². The molecule has 3 aromatic rings. The zero-order valence-electron chi connectivity index (χ0n) is 19.0. The van der Waals surface area contributed by atoms with Gasteiger partial charge in [-0.15, -0.1) is 0 Å². The van der Waals surface area contributed by atoms with Gasteiger partial charge in [0, 0.05) is 23.0 Å². The first-order chi connectivity index (χ1) is 17.2. The van der Waals surface area contributed by atoms with Gasteiger partial charge in [0.1, 0.15) is 4.90 Å². The highest BCUT2D eigenvalue weighted by atomic mass is 35.5. The smallest absolute Gasteiger partial charge is 0.307 e. The molecular formula is C27H22ClNO6S. The number of hydrogen-bond donors (Lipinski definition) is 1. The van der Waals surface area contributed by atoms with Crippen LogP contribution in [0.2, 0.25) is 5.02 Å². The molecule has 1 saturated carbocycles. The van der Waals surface area contributed by atoms with E-state index in [1.165, 1.54) is 18.2 Å². The lowest BCUT2D eigenvalue weighted by molar-refractivity contribution is -0.144. The van der Waals surface area contributed by atoms with Crippen molar-refractivity contribution in [3.63, 3.8) is 0 Å². The molecule has 2 aliphatic rings. The lowest BCUT2D eigenvalue weighted by Crippen LogP contribution is -2.39. The molecule has 5 rings (SSSR count). The van der Waals surface area contributed by atoms with Gasteiger partial charge in [-0.2, -0.15) is 0 Å². The number of carboxylic acids is 1. The largest absolute Gasteiger partial charge is 0.481 e. The van der Waals surface area contributed by atoms with Gasteiger partial charge in [-0.05, 0) is 54.2 Å². The maximum Gasteiger partial charge on any atom is 0.307 e. The molecule has 0 unspecified atom stereocenters. The first-order valence-electron chi connectivity index (χ1n) is 11.5. The van der Waals surface area contributed by atoms with Gasteiger partial charge in [-0.3, -0.25) is 14.4 Å². The van der Waals surface area contributed by atoms with Gasteiger partial charge < -0.3 is 5.11 Å². The summed E-state index contributed by atoms with van der Waals surface area (Å²) in [5.41, 5.74) is 2.29. The predicted molar refractivity (Wildman–Crippen MR) is 133 cm³/mol. The molecule has 1 N–H and O–H groups in total.